The van der Waals surface area contributed by atoms with Crippen LogP contribution in [-0.2, 0) is 4.79 Å². The van der Waals surface area contributed by atoms with Crippen molar-refractivity contribution in [2.75, 3.05) is 5.32 Å². The second kappa shape index (κ2) is 5.58. The molecule has 3 aromatic heterocycles. The molecule has 21 heavy (non-hydrogen) atoms. The van der Waals surface area contributed by atoms with Crippen molar-refractivity contribution in [2.45, 2.75) is 6.92 Å². The number of hydrogen-bond donors (Lipinski definition) is 1. The molecule has 0 fully saturated rings. The first kappa shape index (κ1) is 13.1. The van der Waals surface area contributed by atoms with Crippen LogP contribution in [0.3, 0.4) is 0 Å². The third-order valence-electron chi connectivity index (χ3n) is 3.02. The van der Waals surface area contributed by atoms with Crippen LogP contribution >= 0.6 is 0 Å². The number of hydrogen-bond acceptors (Lipinski definition) is 3. The monoisotopic (exact) mass is 278 g/mol. The molecule has 0 unspecified atom stereocenters. The van der Waals surface area contributed by atoms with E-state index in [0.29, 0.717) is 5.82 Å². The Morgan fingerprint density at radius 2 is 2.19 bits per heavy atom. The summed E-state index contributed by atoms with van der Waals surface area (Å²) in [5.74, 6) is 0.321. The summed E-state index contributed by atoms with van der Waals surface area (Å²) in [6.07, 6.45) is 8.50. The first-order valence-corrected chi connectivity index (χ1v) is 6.56. The standard InChI is InChI=1S/C16H14N4O/c1-12-7-8-17-14(10-12)19-16(21)6-5-13-11-18-15-4-2-3-9-20(13)15/h2-11H,1H3,(H,17,19,21)/b6-5+. The molecule has 0 atom stereocenters. The maximum atomic E-state index is 11.9. The topological polar surface area (TPSA) is 59.3 Å². The molecule has 5 nitrogen and oxygen atoms in total. The summed E-state index contributed by atoms with van der Waals surface area (Å²) in [6.45, 7) is 1.95. The normalized spacial score (nSPS) is 11.1. The number of carbonyl (C=O) groups excluding carboxylic acids is 1. The molecule has 0 aromatic carbocycles. The summed E-state index contributed by atoms with van der Waals surface area (Å²) in [4.78, 5) is 20.2. The second-order valence-electron chi connectivity index (χ2n) is 4.65. The maximum Gasteiger partial charge on any atom is 0.249 e. The number of anilines is 1. The Balaban J connectivity index is 1.75. The smallest absolute Gasteiger partial charge is 0.249 e. The van der Waals surface area contributed by atoms with E-state index < -0.39 is 0 Å². The van der Waals surface area contributed by atoms with Gasteiger partial charge in [-0.05, 0) is 42.8 Å². The van der Waals surface area contributed by atoms with Gasteiger partial charge in [0.15, 0.2) is 0 Å². The molecule has 0 saturated carbocycles. The lowest BCUT2D eigenvalue weighted by Crippen LogP contribution is -2.09. The summed E-state index contributed by atoms with van der Waals surface area (Å²) in [5.41, 5.74) is 2.74. The Bertz CT molecular complexity index is 820. The molecule has 3 heterocycles. The quantitative estimate of drug-likeness (QED) is 0.749. The molecule has 1 N–H and O–H groups in total. The van der Waals surface area contributed by atoms with Crippen LogP contribution in [-0.4, -0.2) is 20.3 Å². The van der Waals surface area contributed by atoms with Gasteiger partial charge in [-0.3, -0.25) is 4.79 Å². The Hall–Kier alpha value is -2.95. The molecule has 1 amide bonds. The Morgan fingerprint density at radius 3 is 3.05 bits per heavy atom. The van der Waals surface area contributed by atoms with E-state index in [1.807, 2.05) is 47.9 Å². The molecule has 0 radical (unpaired) electrons. The van der Waals surface area contributed by atoms with Crippen LogP contribution in [0.2, 0.25) is 0 Å². The lowest BCUT2D eigenvalue weighted by Gasteiger charge is -2.01. The first-order valence-electron chi connectivity index (χ1n) is 6.56. The number of nitrogens with zero attached hydrogens (tertiary/aromatic N) is 3. The van der Waals surface area contributed by atoms with Crippen LogP contribution in [0, 0.1) is 6.92 Å². The minimum atomic E-state index is -0.223. The van der Waals surface area contributed by atoms with E-state index in [1.54, 1.807) is 18.5 Å². The Morgan fingerprint density at radius 1 is 1.29 bits per heavy atom. The van der Waals surface area contributed by atoms with Crippen molar-refractivity contribution >= 4 is 23.4 Å². The molecule has 0 saturated heterocycles. The second-order valence-corrected chi connectivity index (χ2v) is 4.65. The number of nitrogens with one attached hydrogen (secondary N) is 1. The zero-order valence-electron chi connectivity index (χ0n) is 11.5. The molecule has 3 rings (SSSR count). The van der Waals surface area contributed by atoms with Crippen LogP contribution < -0.4 is 5.32 Å². The van der Waals surface area contributed by atoms with Gasteiger partial charge in [0.2, 0.25) is 5.91 Å². The molecule has 0 aliphatic heterocycles. The number of carbonyl (C=O) groups is 1. The number of amides is 1. The molecule has 3 aromatic rings. The molecule has 0 aliphatic rings. The van der Waals surface area contributed by atoms with Crippen molar-refractivity contribution < 1.29 is 4.79 Å². The summed E-state index contributed by atoms with van der Waals surface area (Å²) in [6, 6.07) is 9.45. The molecular weight excluding hydrogens is 264 g/mol. The van der Waals surface area contributed by atoms with Gasteiger partial charge in [0.1, 0.15) is 11.5 Å². The van der Waals surface area contributed by atoms with E-state index in [4.69, 9.17) is 0 Å². The third-order valence-corrected chi connectivity index (χ3v) is 3.02. The summed E-state index contributed by atoms with van der Waals surface area (Å²) < 4.78 is 1.91. The minimum absolute atomic E-state index is 0.223. The van der Waals surface area contributed by atoms with Gasteiger partial charge >= 0.3 is 0 Å². The number of rotatable bonds is 3. The highest BCUT2D eigenvalue weighted by Gasteiger charge is 2.01. The van der Waals surface area contributed by atoms with Crippen molar-refractivity contribution in [3.63, 3.8) is 0 Å². The van der Waals surface area contributed by atoms with Crippen LogP contribution in [0.15, 0.2) is 55.0 Å². The molecule has 5 heteroatoms. The lowest BCUT2D eigenvalue weighted by atomic mass is 10.3. The minimum Gasteiger partial charge on any atom is -0.307 e. The van der Waals surface area contributed by atoms with E-state index in [2.05, 4.69) is 15.3 Å². The van der Waals surface area contributed by atoms with Crippen LogP contribution in [0.5, 0.6) is 0 Å². The highest BCUT2D eigenvalue weighted by atomic mass is 16.1. The van der Waals surface area contributed by atoms with E-state index in [-0.39, 0.29) is 5.91 Å². The van der Waals surface area contributed by atoms with Crippen LogP contribution in [0.1, 0.15) is 11.3 Å². The highest BCUT2D eigenvalue weighted by molar-refractivity contribution is 6.01. The van der Waals surface area contributed by atoms with Gasteiger partial charge < -0.3 is 9.72 Å². The predicted octanol–water partition coefficient (Wildman–Crippen LogP) is 2.69. The number of imidazole rings is 1. The van der Waals surface area contributed by atoms with Crippen molar-refractivity contribution in [3.8, 4) is 0 Å². The van der Waals surface area contributed by atoms with Crippen LogP contribution in [0.4, 0.5) is 5.82 Å². The number of aryl methyl sites for hydroxylation is 1. The van der Waals surface area contributed by atoms with Gasteiger partial charge in [0.25, 0.3) is 0 Å². The highest BCUT2D eigenvalue weighted by Crippen LogP contribution is 2.08. The molecule has 0 spiro atoms. The Kier molecular flexibility index (Phi) is 3.47. The van der Waals surface area contributed by atoms with Crippen molar-refractivity contribution in [1.82, 2.24) is 14.4 Å². The van der Waals surface area contributed by atoms with E-state index in [9.17, 15) is 4.79 Å². The SMILES string of the molecule is Cc1ccnc(NC(=O)/C=C/c2cnc3ccccn23)c1. The number of aromatic nitrogens is 3. The third kappa shape index (κ3) is 2.97. The fourth-order valence-electron chi connectivity index (χ4n) is 2.01. The van der Waals surface area contributed by atoms with Crippen molar-refractivity contribution in [2.24, 2.45) is 0 Å². The Labute approximate surface area is 122 Å². The van der Waals surface area contributed by atoms with Gasteiger partial charge in [-0.15, -0.1) is 0 Å². The average molecular weight is 278 g/mol. The van der Waals surface area contributed by atoms with Gasteiger partial charge in [-0.2, -0.15) is 0 Å². The van der Waals surface area contributed by atoms with Crippen molar-refractivity contribution in [3.05, 3.63) is 66.3 Å². The summed E-state index contributed by atoms with van der Waals surface area (Å²) >= 11 is 0. The fraction of sp³-hybridized carbons (Fsp3) is 0.0625. The lowest BCUT2D eigenvalue weighted by molar-refractivity contribution is -0.111. The number of fused-ring (bicyclic) bond motifs is 1. The van der Waals surface area contributed by atoms with Gasteiger partial charge in [-0.1, -0.05) is 6.07 Å². The fourth-order valence-corrected chi connectivity index (χ4v) is 2.01. The zero-order valence-corrected chi connectivity index (χ0v) is 11.5. The zero-order chi connectivity index (χ0) is 14.7. The summed E-state index contributed by atoms with van der Waals surface area (Å²) in [5, 5.41) is 2.73. The van der Waals surface area contributed by atoms with Gasteiger partial charge in [0.05, 0.1) is 11.9 Å². The largest absolute Gasteiger partial charge is 0.307 e. The molecular formula is C16H14N4O. The van der Waals surface area contributed by atoms with Gasteiger partial charge in [0, 0.05) is 18.5 Å². The van der Waals surface area contributed by atoms with E-state index in [1.165, 1.54) is 6.08 Å². The van der Waals surface area contributed by atoms with E-state index >= 15 is 0 Å². The molecule has 0 aliphatic carbocycles. The summed E-state index contributed by atoms with van der Waals surface area (Å²) in [7, 11) is 0. The van der Waals surface area contributed by atoms with Crippen LogP contribution in [0.25, 0.3) is 11.7 Å². The number of pyridine rings is 2. The maximum absolute atomic E-state index is 11.9. The molecule has 0 bridgehead atoms. The first-order chi connectivity index (χ1) is 10.2. The van der Waals surface area contributed by atoms with Gasteiger partial charge in [-0.25, -0.2) is 9.97 Å². The predicted molar refractivity (Wildman–Crippen MR) is 81.8 cm³/mol. The van der Waals surface area contributed by atoms with Crippen molar-refractivity contribution in [1.29, 1.82) is 0 Å². The molecule has 104 valence electrons. The average Bonchev–Trinajstić information content (AvgIpc) is 2.88. The van der Waals surface area contributed by atoms with E-state index in [0.717, 1.165) is 16.9 Å².